The first-order valence-electron chi connectivity index (χ1n) is 7.31. The molecule has 2 rings (SSSR count). The third-order valence-corrected chi connectivity index (χ3v) is 20.7. The van der Waals surface area contributed by atoms with Gasteiger partial charge >= 0.3 is 155 Å². The summed E-state index contributed by atoms with van der Waals surface area (Å²) in [6.07, 6.45) is 0. The molecular formula is C16H28Sn2Ti. The van der Waals surface area contributed by atoms with Crippen molar-refractivity contribution in [2.45, 2.75) is 41.5 Å². The van der Waals surface area contributed by atoms with E-state index in [0.29, 0.717) is 45.0 Å². The van der Waals surface area contributed by atoms with E-state index in [1.165, 1.54) is 0 Å². The maximum Gasteiger partial charge on any atom is -1.00 e. The van der Waals surface area contributed by atoms with Crippen LogP contribution in [0.1, 0.15) is 44.4 Å². The summed E-state index contributed by atoms with van der Waals surface area (Å²) in [7, 11) is 0. The fourth-order valence-corrected chi connectivity index (χ4v) is 13.9. The third-order valence-electron chi connectivity index (χ3n) is 5.55. The fraction of sp³-hybridized carbons (Fsp3) is 0.500. The van der Waals surface area contributed by atoms with Crippen LogP contribution in [0.5, 0.6) is 0 Å². The zero-order chi connectivity index (χ0) is 14.5. The minimum atomic E-state index is -0.0272. The fourth-order valence-electron chi connectivity index (χ4n) is 3.28. The average Bonchev–Trinajstić information content (AvgIpc) is 2.68. The molecule has 104 valence electrons. The van der Waals surface area contributed by atoms with Gasteiger partial charge < -0.3 is 2.85 Å². The Morgan fingerprint density at radius 2 is 1.11 bits per heavy atom. The summed E-state index contributed by atoms with van der Waals surface area (Å²) in [4.78, 5) is 0. The average molecular weight is 506 g/mol. The second-order valence-corrected chi connectivity index (χ2v) is 14.0. The molecule has 0 spiro atoms. The molecule has 3 heteroatoms. The Bertz CT molecular complexity index is 521. The largest absolute Gasteiger partial charge is 1.00 e. The molecule has 2 atom stereocenters. The molecule has 0 bridgehead atoms. The number of hydrogen-bond acceptors (Lipinski definition) is 0. The normalized spacial score (nSPS) is 28.3. The van der Waals surface area contributed by atoms with Crippen molar-refractivity contribution >= 4 is 45.0 Å². The van der Waals surface area contributed by atoms with Gasteiger partial charge in [0.15, 0.2) is 0 Å². The van der Waals surface area contributed by atoms with E-state index in [1.807, 2.05) is 14.9 Å². The van der Waals surface area contributed by atoms with Crippen LogP contribution >= 0.6 is 0 Å². The van der Waals surface area contributed by atoms with E-state index in [9.17, 15) is 0 Å². The van der Waals surface area contributed by atoms with Gasteiger partial charge in [0, 0.05) is 0 Å². The van der Waals surface area contributed by atoms with Crippen molar-refractivity contribution in [2.24, 2.45) is 11.8 Å². The van der Waals surface area contributed by atoms with Gasteiger partial charge in [0.25, 0.3) is 0 Å². The Morgan fingerprint density at radius 3 is 1.32 bits per heavy atom. The molecule has 0 aromatic rings. The van der Waals surface area contributed by atoms with E-state index in [2.05, 4.69) is 41.5 Å². The zero-order valence-electron chi connectivity index (χ0n) is 15.7. The Labute approximate surface area is 156 Å². The molecule has 0 aliphatic heterocycles. The molecule has 0 saturated heterocycles. The molecular weight excluding hydrogens is 477 g/mol. The predicted molar refractivity (Wildman–Crippen MR) is 91.2 cm³/mol. The van der Waals surface area contributed by atoms with Crippen molar-refractivity contribution in [3.05, 3.63) is 37.2 Å². The molecule has 2 unspecified atom stereocenters. The van der Waals surface area contributed by atoms with E-state index < -0.39 is 0 Å². The van der Waals surface area contributed by atoms with Crippen molar-refractivity contribution in [2.75, 3.05) is 0 Å². The molecule has 0 fully saturated rings. The van der Waals surface area contributed by atoms with E-state index in [0.717, 1.165) is 11.8 Å². The minimum absolute atomic E-state index is 0. The van der Waals surface area contributed by atoms with Gasteiger partial charge in [-0.25, -0.2) is 0 Å². The zero-order valence-corrected chi connectivity index (χ0v) is 26.6. The van der Waals surface area contributed by atoms with Crippen LogP contribution in [0.2, 0.25) is 0 Å². The molecule has 0 aromatic carbocycles. The van der Waals surface area contributed by atoms with Gasteiger partial charge in [-0.1, -0.05) is 0 Å². The number of allylic oxidation sites excluding steroid dienone is 8. The van der Waals surface area contributed by atoms with Gasteiger partial charge in [-0.05, 0) is 0 Å². The summed E-state index contributed by atoms with van der Waals surface area (Å²) in [5.41, 5.74) is 6.66. The van der Waals surface area contributed by atoms with Crippen molar-refractivity contribution in [1.82, 2.24) is 0 Å². The molecule has 0 N–H and O–H groups in total. The molecule has 0 radical (unpaired) electrons. The van der Waals surface area contributed by atoms with Crippen LogP contribution in [0.3, 0.4) is 0 Å². The van der Waals surface area contributed by atoms with Crippen LogP contribution in [0.15, 0.2) is 37.2 Å². The van der Waals surface area contributed by atoms with Crippen LogP contribution in [0.25, 0.3) is 0 Å². The first-order valence-corrected chi connectivity index (χ1v) is 14.6. The standard InChI is InChI=1S/2C8H10.2Sn.Ti.8H/c2*1-6-4-5-7(2)8(6)3;;;;;;;;;;;/h2*6H,1-3H3;;;;;;;;;;;/q;;;;+2;;;;;;;2*-1. The Hall–Kier alpha value is 1.27. The van der Waals surface area contributed by atoms with E-state index in [4.69, 9.17) is 0 Å². The van der Waals surface area contributed by atoms with Crippen molar-refractivity contribution in [3.8, 4) is 0 Å². The van der Waals surface area contributed by atoms with E-state index >= 15 is 0 Å². The molecule has 0 amide bonds. The number of rotatable bonds is 2. The van der Waals surface area contributed by atoms with Gasteiger partial charge in [-0.2, -0.15) is 0 Å². The van der Waals surface area contributed by atoms with E-state index in [-0.39, 0.29) is 22.0 Å². The van der Waals surface area contributed by atoms with Crippen molar-refractivity contribution < 1.29 is 22.0 Å². The monoisotopic (exact) mass is 508 g/mol. The van der Waals surface area contributed by atoms with Crippen LogP contribution in [-0.2, 0) is 19.2 Å². The maximum atomic E-state index is 2.45. The predicted octanol–water partition coefficient (Wildman–Crippen LogP) is 2.42. The second kappa shape index (κ2) is 6.18. The Morgan fingerprint density at radius 1 is 0.789 bits per heavy atom. The summed E-state index contributed by atoms with van der Waals surface area (Å²) in [5.74, 6) is 1.53. The van der Waals surface area contributed by atoms with Gasteiger partial charge in [-0.15, -0.1) is 0 Å². The summed E-state index contributed by atoms with van der Waals surface area (Å²) < 4.78 is 7.47. The first kappa shape index (κ1) is 16.6. The SMILES string of the molecule is CC1=C(C)C(C)[C]([Ti+2][C]2=[C]([SnH3])C(C)=C(C)C2C)=[C]1[SnH3].[H-].[H-]. The van der Waals surface area contributed by atoms with Crippen molar-refractivity contribution in [1.29, 1.82) is 0 Å². The molecule has 0 nitrogen and oxygen atoms in total. The van der Waals surface area contributed by atoms with E-state index in [1.54, 1.807) is 22.3 Å². The minimum Gasteiger partial charge on any atom is -1.00 e. The van der Waals surface area contributed by atoms with Gasteiger partial charge in [-0.3, -0.25) is 0 Å². The summed E-state index contributed by atoms with van der Waals surface area (Å²) in [6, 6.07) is 0. The molecule has 2 aliphatic rings. The maximum absolute atomic E-state index is 2.45. The summed E-state index contributed by atoms with van der Waals surface area (Å²) >= 11 is 1.30. The quantitative estimate of drug-likeness (QED) is 0.506. The molecule has 2 aliphatic carbocycles. The molecule has 0 heterocycles. The number of hydrogen-bond donors (Lipinski definition) is 0. The Balaban J connectivity index is 0.00000200. The van der Waals surface area contributed by atoms with Crippen molar-refractivity contribution in [3.63, 3.8) is 0 Å². The van der Waals surface area contributed by atoms with Crippen LogP contribution in [0, 0.1) is 11.8 Å². The van der Waals surface area contributed by atoms with Gasteiger partial charge in [0.1, 0.15) is 0 Å². The Kier molecular flexibility index (Phi) is 5.41. The first-order chi connectivity index (χ1) is 8.77. The topological polar surface area (TPSA) is 0 Å². The van der Waals surface area contributed by atoms with Crippen LogP contribution in [-0.4, -0.2) is 45.0 Å². The summed E-state index contributed by atoms with van der Waals surface area (Å²) in [5, 5.41) is 0. The van der Waals surface area contributed by atoms with Crippen LogP contribution < -0.4 is 0 Å². The third kappa shape index (κ3) is 2.81. The molecule has 0 aromatic heterocycles. The van der Waals surface area contributed by atoms with Gasteiger partial charge in [0.05, 0.1) is 0 Å². The van der Waals surface area contributed by atoms with Crippen LogP contribution in [0.4, 0.5) is 0 Å². The molecule has 19 heavy (non-hydrogen) atoms. The second-order valence-electron chi connectivity index (χ2n) is 6.26. The van der Waals surface area contributed by atoms with Gasteiger partial charge in [0.2, 0.25) is 0 Å². The smallest absolute Gasteiger partial charge is 1.00 e. The molecule has 0 saturated carbocycles. The summed E-state index contributed by atoms with van der Waals surface area (Å²) in [6.45, 7) is 14.4.